The van der Waals surface area contributed by atoms with Crippen LogP contribution in [0.2, 0.25) is 0 Å². The first kappa shape index (κ1) is 18.8. The molecule has 1 rings (SSSR count). The Hall–Kier alpha value is -0.220. The van der Waals surface area contributed by atoms with E-state index in [4.69, 9.17) is 4.74 Å². The fourth-order valence-electron chi connectivity index (χ4n) is 2.73. The molecule has 7 nitrogen and oxygen atoms in total. The van der Waals surface area contributed by atoms with Crippen LogP contribution in [-0.4, -0.2) is 61.5 Å². The number of hydrogen-bond acceptors (Lipinski definition) is 5. The third-order valence-corrected chi connectivity index (χ3v) is 9.85. The predicted molar refractivity (Wildman–Crippen MR) is 80.3 cm³/mol. The molecular formula is C12H25NO6S2. The highest BCUT2D eigenvalue weighted by molar-refractivity contribution is 7.93. The summed E-state index contributed by atoms with van der Waals surface area (Å²) in [6.07, 6.45) is 0.0799. The van der Waals surface area contributed by atoms with Crippen molar-refractivity contribution in [3.8, 4) is 0 Å². The molecule has 0 aromatic rings. The molecule has 126 valence electrons. The van der Waals surface area contributed by atoms with Crippen LogP contribution in [0.1, 0.15) is 40.5 Å². The smallest absolute Gasteiger partial charge is 0.272 e. The lowest BCUT2D eigenvalue weighted by Crippen LogP contribution is -2.63. The van der Waals surface area contributed by atoms with Crippen molar-refractivity contribution in [3.63, 3.8) is 0 Å². The van der Waals surface area contributed by atoms with Crippen molar-refractivity contribution in [2.75, 3.05) is 26.3 Å². The van der Waals surface area contributed by atoms with Gasteiger partial charge in [0.2, 0.25) is 10.0 Å². The molecular weight excluding hydrogens is 318 g/mol. The predicted octanol–water partition coefficient (Wildman–Crippen LogP) is 0.874. The fraction of sp³-hybridized carbons (Fsp3) is 1.00. The third-order valence-electron chi connectivity index (χ3n) is 4.92. The van der Waals surface area contributed by atoms with Gasteiger partial charge in [0.1, 0.15) is 9.49 Å². The zero-order valence-electron chi connectivity index (χ0n) is 13.0. The molecule has 0 aromatic heterocycles. The van der Waals surface area contributed by atoms with Crippen molar-refractivity contribution in [1.29, 1.82) is 0 Å². The molecule has 1 heterocycles. The molecule has 0 aromatic carbocycles. The first-order valence-corrected chi connectivity index (χ1v) is 9.90. The second-order valence-corrected chi connectivity index (χ2v) is 9.88. The first-order chi connectivity index (χ1) is 9.48. The summed E-state index contributed by atoms with van der Waals surface area (Å²) in [5.74, 6) is 0. The van der Waals surface area contributed by atoms with E-state index in [-0.39, 0.29) is 39.1 Å². The van der Waals surface area contributed by atoms with Crippen LogP contribution in [0.15, 0.2) is 0 Å². The van der Waals surface area contributed by atoms with Gasteiger partial charge in [0.25, 0.3) is 10.1 Å². The van der Waals surface area contributed by atoms with Crippen LogP contribution in [0, 0.1) is 0 Å². The Labute approximate surface area is 127 Å². The number of morpholine rings is 1. The summed E-state index contributed by atoms with van der Waals surface area (Å²) in [7, 11) is -8.46. The maximum atomic E-state index is 13.0. The van der Waals surface area contributed by atoms with Crippen LogP contribution in [0.5, 0.6) is 0 Å². The van der Waals surface area contributed by atoms with Gasteiger partial charge in [0.15, 0.2) is 0 Å². The van der Waals surface area contributed by atoms with E-state index in [1.54, 1.807) is 13.8 Å². The van der Waals surface area contributed by atoms with Gasteiger partial charge in [-0.25, -0.2) is 8.42 Å². The molecule has 0 amide bonds. The van der Waals surface area contributed by atoms with E-state index in [9.17, 15) is 21.4 Å². The van der Waals surface area contributed by atoms with Crippen LogP contribution in [0.3, 0.4) is 0 Å². The van der Waals surface area contributed by atoms with E-state index in [1.807, 2.05) is 0 Å². The lowest BCUT2D eigenvalue weighted by Gasteiger charge is -2.45. The SMILES string of the molecule is CCC(C)(C(C)(CC)S(=O)(=O)N1CCOCC1)S(=O)(=O)O. The van der Waals surface area contributed by atoms with Crippen molar-refractivity contribution < 1.29 is 26.1 Å². The fourth-order valence-corrected chi connectivity index (χ4v) is 6.67. The summed E-state index contributed by atoms with van der Waals surface area (Å²) in [6, 6.07) is 0. The quantitative estimate of drug-likeness (QED) is 0.718. The van der Waals surface area contributed by atoms with E-state index in [1.165, 1.54) is 18.2 Å². The van der Waals surface area contributed by atoms with Gasteiger partial charge in [-0.3, -0.25) is 4.55 Å². The number of ether oxygens (including phenoxy) is 1. The average molecular weight is 343 g/mol. The van der Waals surface area contributed by atoms with Crippen LogP contribution >= 0.6 is 0 Å². The number of sulfonamides is 1. The van der Waals surface area contributed by atoms with Crippen LogP contribution in [0.4, 0.5) is 0 Å². The molecule has 9 heteroatoms. The maximum absolute atomic E-state index is 13.0. The van der Waals surface area contributed by atoms with Gasteiger partial charge in [-0.15, -0.1) is 0 Å². The van der Waals surface area contributed by atoms with E-state index in [0.29, 0.717) is 0 Å². The molecule has 0 radical (unpaired) electrons. The Morgan fingerprint density at radius 1 is 1.00 bits per heavy atom. The number of rotatable bonds is 6. The standard InChI is InChI=1S/C12H25NO6S2/c1-5-11(3,12(4,6-2)21(16,17)18)20(14,15)13-7-9-19-10-8-13/h5-10H2,1-4H3,(H,16,17,18). The second-order valence-electron chi connectivity index (χ2n) is 5.66. The Morgan fingerprint density at radius 3 is 1.76 bits per heavy atom. The molecule has 0 spiro atoms. The van der Waals surface area contributed by atoms with Crippen molar-refractivity contribution in [1.82, 2.24) is 4.31 Å². The largest absolute Gasteiger partial charge is 0.379 e. The monoisotopic (exact) mass is 343 g/mol. The Balaban J connectivity index is 3.43. The molecule has 21 heavy (non-hydrogen) atoms. The number of hydrogen-bond donors (Lipinski definition) is 1. The Morgan fingerprint density at radius 2 is 1.43 bits per heavy atom. The second kappa shape index (κ2) is 6.11. The van der Waals surface area contributed by atoms with E-state index >= 15 is 0 Å². The molecule has 0 aliphatic carbocycles. The molecule has 1 aliphatic heterocycles. The highest BCUT2D eigenvalue weighted by atomic mass is 32.2. The summed E-state index contributed by atoms with van der Waals surface area (Å²) in [5.41, 5.74) is 0. The van der Waals surface area contributed by atoms with E-state index in [2.05, 4.69) is 0 Å². The topological polar surface area (TPSA) is 101 Å². The van der Waals surface area contributed by atoms with Gasteiger partial charge in [-0.2, -0.15) is 12.7 Å². The van der Waals surface area contributed by atoms with Crippen molar-refractivity contribution >= 4 is 20.1 Å². The lowest BCUT2D eigenvalue weighted by atomic mass is 9.89. The highest BCUT2D eigenvalue weighted by Crippen LogP contribution is 2.43. The van der Waals surface area contributed by atoms with Gasteiger partial charge < -0.3 is 4.74 Å². The van der Waals surface area contributed by atoms with Crippen LogP contribution < -0.4 is 0 Å². The molecule has 2 atom stereocenters. The van der Waals surface area contributed by atoms with Crippen molar-refractivity contribution in [3.05, 3.63) is 0 Å². The van der Waals surface area contributed by atoms with Crippen LogP contribution in [-0.2, 0) is 24.9 Å². The van der Waals surface area contributed by atoms with Crippen LogP contribution in [0.25, 0.3) is 0 Å². The normalized spacial score (nSPS) is 24.2. The molecule has 0 saturated carbocycles. The van der Waals surface area contributed by atoms with Crippen molar-refractivity contribution in [2.45, 2.75) is 50.0 Å². The minimum Gasteiger partial charge on any atom is -0.379 e. The van der Waals surface area contributed by atoms with Gasteiger partial charge >= 0.3 is 0 Å². The molecule has 2 unspecified atom stereocenters. The maximum Gasteiger partial charge on any atom is 0.272 e. The minimum atomic E-state index is -4.54. The summed E-state index contributed by atoms with van der Waals surface area (Å²) in [4.78, 5) is 0. The summed E-state index contributed by atoms with van der Waals surface area (Å²) >= 11 is 0. The average Bonchev–Trinajstić information content (AvgIpc) is 2.44. The van der Waals surface area contributed by atoms with Gasteiger partial charge in [0, 0.05) is 13.1 Å². The zero-order chi connectivity index (χ0) is 16.5. The summed E-state index contributed by atoms with van der Waals surface area (Å²) < 4.78 is 62.4. The van der Waals surface area contributed by atoms with Crippen molar-refractivity contribution in [2.24, 2.45) is 0 Å². The minimum absolute atomic E-state index is 0.000255. The Bertz CT molecular complexity index is 567. The zero-order valence-corrected chi connectivity index (χ0v) is 14.6. The molecule has 1 fully saturated rings. The summed E-state index contributed by atoms with van der Waals surface area (Å²) in [5, 5.41) is 0. The molecule has 1 saturated heterocycles. The summed E-state index contributed by atoms with van der Waals surface area (Å²) in [6.45, 7) is 6.85. The Kier molecular flexibility index (Phi) is 5.48. The molecule has 1 N–H and O–H groups in total. The number of nitrogens with zero attached hydrogens (tertiary/aromatic N) is 1. The molecule has 1 aliphatic rings. The van der Waals surface area contributed by atoms with Gasteiger partial charge in [-0.1, -0.05) is 13.8 Å². The van der Waals surface area contributed by atoms with E-state index < -0.39 is 29.6 Å². The van der Waals surface area contributed by atoms with Gasteiger partial charge in [0.05, 0.1) is 13.2 Å². The molecule has 0 bridgehead atoms. The highest BCUT2D eigenvalue weighted by Gasteiger charge is 2.60. The lowest BCUT2D eigenvalue weighted by molar-refractivity contribution is 0.0713. The third kappa shape index (κ3) is 2.86. The van der Waals surface area contributed by atoms with E-state index in [0.717, 1.165) is 0 Å². The van der Waals surface area contributed by atoms with Gasteiger partial charge in [-0.05, 0) is 26.7 Å². The first-order valence-electron chi connectivity index (χ1n) is 7.02.